The molecule has 2 aromatic carbocycles. The fraction of sp³-hybridized carbons (Fsp3) is 0.278. The number of rotatable bonds is 5. The maximum absolute atomic E-state index is 12.5. The van der Waals surface area contributed by atoms with Crippen molar-refractivity contribution in [2.75, 3.05) is 0 Å². The summed E-state index contributed by atoms with van der Waals surface area (Å²) in [5.41, 5.74) is 2.07. The Hall–Kier alpha value is -2.69. The summed E-state index contributed by atoms with van der Waals surface area (Å²) in [7, 11) is 0. The Labute approximate surface area is 134 Å². The van der Waals surface area contributed by atoms with E-state index in [4.69, 9.17) is 0 Å². The third kappa shape index (κ3) is 3.39. The van der Waals surface area contributed by atoms with Gasteiger partial charge in [-0.1, -0.05) is 30.3 Å². The zero-order valence-corrected chi connectivity index (χ0v) is 12.9. The fourth-order valence-electron chi connectivity index (χ4n) is 2.79. The van der Waals surface area contributed by atoms with Crippen molar-refractivity contribution in [3.05, 3.63) is 75.3 Å². The monoisotopic (exact) mass is 310 g/mol. The quantitative estimate of drug-likeness (QED) is 0.674. The van der Waals surface area contributed by atoms with Crippen LogP contribution in [0.15, 0.2) is 48.5 Å². The number of nitrogens with zero attached hydrogens (tertiary/aromatic N) is 1. The number of carbonyl (C=O) groups is 1. The molecule has 0 aromatic heterocycles. The Bertz CT molecular complexity index is 739. The van der Waals surface area contributed by atoms with Gasteiger partial charge in [-0.3, -0.25) is 14.9 Å². The number of aryl methyl sites for hydroxylation is 1. The average molecular weight is 310 g/mol. The predicted octanol–water partition coefficient (Wildman–Crippen LogP) is 3.78. The zero-order chi connectivity index (χ0) is 16.4. The van der Waals surface area contributed by atoms with E-state index in [1.54, 1.807) is 13.0 Å². The lowest BCUT2D eigenvalue weighted by molar-refractivity contribution is -0.385. The van der Waals surface area contributed by atoms with Crippen molar-refractivity contribution < 1.29 is 9.72 Å². The van der Waals surface area contributed by atoms with E-state index in [9.17, 15) is 14.9 Å². The summed E-state index contributed by atoms with van der Waals surface area (Å²) in [6.45, 7) is 1.64. The van der Waals surface area contributed by atoms with Gasteiger partial charge in [0.15, 0.2) is 0 Å². The fourth-order valence-corrected chi connectivity index (χ4v) is 2.79. The number of hydrogen-bond acceptors (Lipinski definition) is 3. The number of amides is 1. The van der Waals surface area contributed by atoms with E-state index in [0.717, 1.165) is 18.4 Å². The van der Waals surface area contributed by atoms with Gasteiger partial charge in [-0.15, -0.1) is 0 Å². The van der Waals surface area contributed by atoms with Crippen LogP contribution in [0.1, 0.15) is 40.4 Å². The maximum atomic E-state index is 12.5. The first kappa shape index (κ1) is 15.2. The first-order valence-electron chi connectivity index (χ1n) is 7.67. The van der Waals surface area contributed by atoms with Crippen molar-refractivity contribution >= 4 is 11.6 Å². The Balaban J connectivity index is 1.80. The first-order chi connectivity index (χ1) is 11.1. The summed E-state index contributed by atoms with van der Waals surface area (Å²) in [5.74, 6) is 0.282. The molecule has 0 radical (unpaired) electrons. The molecule has 1 N–H and O–H groups in total. The highest BCUT2D eigenvalue weighted by Gasteiger charge is 2.33. The molecule has 1 saturated carbocycles. The summed E-state index contributed by atoms with van der Waals surface area (Å²) >= 11 is 0. The third-order valence-corrected chi connectivity index (χ3v) is 4.19. The minimum absolute atomic E-state index is 0.000743. The molecule has 0 bridgehead atoms. The van der Waals surface area contributed by atoms with Crippen molar-refractivity contribution in [1.29, 1.82) is 0 Å². The van der Waals surface area contributed by atoms with Crippen molar-refractivity contribution in [2.45, 2.75) is 25.8 Å². The van der Waals surface area contributed by atoms with Gasteiger partial charge in [0, 0.05) is 17.2 Å². The van der Waals surface area contributed by atoms with Gasteiger partial charge in [0.25, 0.3) is 11.6 Å². The average Bonchev–Trinajstić information content (AvgIpc) is 3.37. The summed E-state index contributed by atoms with van der Waals surface area (Å²) in [5, 5.41) is 13.9. The molecule has 0 spiro atoms. The van der Waals surface area contributed by atoms with Crippen LogP contribution in [-0.4, -0.2) is 10.8 Å². The Morgan fingerprint density at radius 1 is 1.22 bits per heavy atom. The third-order valence-electron chi connectivity index (χ3n) is 4.19. The number of nitrogens with one attached hydrogen (secondary N) is 1. The molecular weight excluding hydrogens is 292 g/mol. The standard InChI is InChI=1S/C18H18N2O3/c1-12-11-15(9-10-16(12)20(22)23)18(21)19-17(14-7-8-14)13-5-3-2-4-6-13/h2-6,9-11,14,17H,7-8H2,1H3,(H,19,21). The predicted molar refractivity (Wildman–Crippen MR) is 87.2 cm³/mol. The highest BCUT2D eigenvalue weighted by Crippen LogP contribution is 2.41. The van der Waals surface area contributed by atoms with Crippen LogP contribution >= 0.6 is 0 Å². The lowest BCUT2D eigenvalue weighted by Crippen LogP contribution is -2.29. The van der Waals surface area contributed by atoms with E-state index in [1.807, 2.05) is 30.3 Å². The van der Waals surface area contributed by atoms with E-state index >= 15 is 0 Å². The van der Waals surface area contributed by atoms with Crippen molar-refractivity contribution in [2.24, 2.45) is 5.92 Å². The van der Waals surface area contributed by atoms with Crippen LogP contribution in [0.25, 0.3) is 0 Å². The molecule has 0 saturated heterocycles. The van der Waals surface area contributed by atoms with Crippen LogP contribution in [0.2, 0.25) is 0 Å². The van der Waals surface area contributed by atoms with Crippen LogP contribution in [0.3, 0.4) is 0 Å². The lowest BCUT2D eigenvalue weighted by Gasteiger charge is -2.19. The SMILES string of the molecule is Cc1cc(C(=O)NC(c2ccccc2)C2CC2)ccc1[N+](=O)[O-]. The lowest BCUT2D eigenvalue weighted by atomic mass is 10.0. The van der Waals surface area contributed by atoms with Crippen LogP contribution < -0.4 is 5.32 Å². The van der Waals surface area contributed by atoms with E-state index in [1.165, 1.54) is 12.1 Å². The summed E-state index contributed by atoms with van der Waals surface area (Å²) in [6.07, 6.45) is 2.22. The molecule has 1 atom stereocenters. The summed E-state index contributed by atoms with van der Waals surface area (Å²) < 4.78 is 0. The molecule has 0 heterocycles. The topological polar surface area (TPSA) is 72.2 Å². The number of nitro benzene ring substituents is 1. The molecular formula is C18H18N2O3. The Morgan fingerprint density at radius 2 is 1.91 bits per heavy atom. The van der Waals surface area contributed by atoms with E-state index in [-0.39, 0.29) is 17.6 Å². The molecule has 5 heteroatoms. The highest BCUT2D eigenvalue weighted by atomic mass is 16.6. The van der Waals surface area contributed by atoms with E-state index in [2.05, 4.69) is 5.32 Å². The molecule has 1 aliphatic rings. The highest BCUT2D eigenvalue weighted by molar-refractivity contribution is 5.95. The van der Waals surface area contributed by atoms with Gasteiger partial charge in [0.1, 0.15) is 0 Å². The van der Waals surface area contributed by atoms with Crippen molar-refractivity contribution in [3.63, 3.8) is 0 Å². The molecule has 23 heavy (non-hydrogen) atoms. The molecule has 1 unspecified atom stereocenters. The summed E-state index contributed by atoms with van der Waals surface area (Å²) in [4.78, 5) is 22.9. The molecule has 1 amide bonds. The molecule has 5 nitrogen and oxygen atoms in total. The summed E-state index contributed by atoms with van der Waals surface area (Å²) in [6, 6.07) is 14.4. The Kier molecular flexibility index (Phi) is 4.10. The van der Waals surface area contributed by atoms with Crippen molar-refractivity contribution in [3.8, 4) is 0 Å². The van der Waals surface area contributed by atoms with E-state index < -0.39 is 4.92 Å². The van der Waals surface area contributed by atoms with Gasteiger partial charge in [-0.25, -0.2) is 0 Å². The normalized spacial score (nSPS) is 15.0. The molecule has 1 aliphatic carbocycles. The molecule has 1 fully saturated rings. The van der Waals surface area contributed by atoms with Gasteiger partial charge in [-0.05, 0) is 43.4 Å². The van der Waals surface area contributed by atoms with Gasteiger partial charge < -0.3 is 5.32 Å². The number of hydrogen-bond donors (Lipinski definition) is 1. The van der Waals surface area contributed by atoms with Crippen LogP contribution in [0, 0.1) is 23.0 Å². The smallest absolute Gasteiger partial charge is 0.272 e. The van der Waals surface area contributed by atoms with Crippen LogP contribution in [0.4, 0.5) is 5.69 Å². The number of carbonyl (C=O) groups excluding carboxylic acids is 1. The van der Waals surface area contributed by atoms with Crippen LogP contribution in [0.5, 0.6) is 0 Å². The first-order valence-corrected chi connectivity index (χ1v) is 7.67. The minimum atomic E-state index is -0.437. The number of nitro groups is 1. The Morgan fingerprint density at radius 3 is 2.48 bits per heavy atom. The zero-order valence-electron chi connectivity index (χ0n) is 12.9. The second-order valence-corrected chi connectivity index (χ2v) is 5.96. The second kappa shape index (κ2) is 6.20. The maximum Gasteiger partial charge on any atom is 0.272 e. The second-order valence-electron chi connectivity index (χ2n) is 5.96. The van der Waals surface area contributed by atoms with E-state index in [0.29, 0.717) is 17.0 Å². The van der Waals surface area contributed by atoms with Gasteiger partial charge in [-0.2, -0.15) is 0 Å². The molecule has 0 aliphatic heterocycles. The molecule has 118 valence electrons. The minimum Gasteiger partial charge on any atom is -0.345 e. The van der Waals surface area contributed by atoms with Gasteiger partial charge in [0.2, 0.25) is 0 Å². The molecule has 3 rings (SSSR count). The molecule has 2 aromatic rings. The largest absolute Gasteiger partial charge is 0.345 e. The van der Waals surface area contributed by atoms with Gasteiger partial charge in [0.05, 0.1) is 11.0 Å². The van der Waals surface area contributed by atoms with Crippen LogP contribution in [-0.2, 0) is 0 Å². The van der Waals surface area contributed by atoms with Gasteiger partial charge >= 0.3 is 0 Å². The van der Waals surface area contributed by atoms with Crippen molar-refractivity contribution in [1.82, 2.24) is 5.32 Å². The number of benzene rings is 2.